The third-order valence-corrected chi connectivity index (χ3v) is 7.43. The Balaban J connectivity index is 1.47. The van der Waals surface area contributed by atoms with Crippen molar-refractivity contribution in [1.29, 1.82) is 0 Å². The summed E-state index contributed by atoms with van der Waals surface area (Å²) in [4.78, 5) is 29.0. The van der Waals surface area contributed by atoms with Crippen LogP contribution in [0, 0.1) is 17.0 Å². The van der Waals surface area contributed by atoms with Crippen LogP contribution in [0.2, 0.25) is 5.02 Å². The second-order valence-electron chi connectivity index (χ2n) is 7.38. The van der Waals surface area contributed by atoms with E-state index in [0.717, 1.165) is 6.07 Å². The van der Waals surface area contributed by atoms with Crippen molar-refractivity contribution in [2.24, 2.45) is 0 Å². The predicted octanol–water partition coefficient (Wildman–Crippen LogP) is 3.36. The Morgan fingerprint density at radius 1 is 1.12 bits per heavy atom. The minimum atomic E-state index is -3.93. The highest BCUT2D eigenvalue weighted by Gasteiger charge is 2.32. The van der Waals surface area contributed by atoms with Gasteiger partial charge in [0.1, 0.15) is 5.76 Å². The van der Waals surface area contributed by atoms with Crippen molar-refractivity contribution in [3.05, 3.63) is 75.1 Å². The quantitative estimate of drug-likeness (QED) is 0.396. The first-order chi connectivity index (χ1) is 15.7. The average molecular weight is 491 g/mol. The zero-order chi connectivity index (χ0) is 23.8. The molecule has 0 unspecified atom stereocenters. The Bertz CT molecular complexity index is 1310. The van der Waals surface area contributed by atoms with Crippen LogP contribution in [0.5, 0.6) is 0 Å². The highest BCUT2D eigenvalue weighted by Crippen LogP contribution is 2.25. The Labute approximate surface area is 194 Å². The molecular weight excluding hydrogens is 472 g/mol. The van der Waals surface area contributed by atoms with Gasteiger partial charge in [0, 0.05) is 48.9 Å². The van der Waals surface area contributed by atoms with Crippen molar-refractivity contribution in [1.82, 2.24) is 14.2 Å². The Kier molecular flexibility index (Phi) is 6.19. The fourth-order valence-electron chi connectivity index (χ4n) is 3.50. The Morgan fingerprint density at radius 2 is 1.79 bits per heavy atom. The monoisotopic (exact) mass is 490 g/mol. The van der Waals surface area contributed by atoms with E-state index in [2.05, 4.69) is 4.98 Å². The molecule has 1 aliphatic rings. The number of carbonyl (C=O) groups excluding carboxylic acids is 1. The number of rotatable bonds is 5. The van der Waals surface area contributed by atoms with Crippen LogP contribution in [0.4, 0.5) is 5.69 Å². The van der Waals surface area contributed by atoms with Gasteiger partial charge in [0.25, 0.3) is 11.6 Å². The van der Waals surface area contributed by atoms with E-state index in [-0.39, 0.29) is 48.4 Å². The first-order valence-electron chi connectivity index (χ1n) is 9.94. The van der Waals surface area contributed by atoms with E-state index < -0.39 is 14.9 Å². The summed E-state index contributed by atoms with van der Waals surface area (Å²) in [6.45, 7) is 2.04. The minimum absolute atomic E-state index is 0.0533. The molecule has 2 heterocycles. The normalized spacial score (nSPS) is 14.9. The van der Waals surface area contributed by atoms with Crippen LogP contribution in [-0.2, 0) is 10.0 Å². The number of aromatic nitrogens is 1. The second-order valence-corrected chi connectivity index (χ2v) is 9.76. The summed E-state index contributed by atoms with van der Waals surface area (Å²) in [5.74, 6) is 0.292. The van der Waals surface area contributed by atoms with Crippen LogP contribution in [0.25, 0.3) is 11.5 Å². The number of sulfonamides is 1. The molecule has 1 aliphatic heterocycles. The van der Waals surface area contributed by atoms with Crippen molar-refractivity contribution >= 4 is 33.2 Å². The summed E-state index contributed by atoms with van der Waals surface area (Å²) in [5.41, 5.74) is 0.534. The summed E-state index contributed by atoms with van der Waals surface area (Å²) in [6, 6.07) is 11.8. The number of benzene rings is 2. The Morgan fingerprint density at radius 3 is 2.42 bits per heavy atom. The molecule has 2 aromatic carbocycles. The van der Waals surface area contributed by atoms with Crippen LogP contribution in [-0.4, -0.2) is 59.6 Å². The van der Waals surface area contributed by atoms with Crippen molar-refractivity contribution in [2.45, 2.75) is 11.8 Å². The summed E-state index contributed by atoms with van der Waals surface area (Å²) < 4.78 is 32.7. The molecule has 0 radical (unpaired) electrons. The lowest BCUT2D eigenvalue weighted by atomic mass is 10.2. The second kappa shape index (κ2) is 8.93. The predicted molar refractivity (Wildman–Crippen MR) is 119 cm³/mol. The maximum Gasteiger partial charge on any atom is 0.276 e. The van der Waals surface area contributed by atoms with Gasteiger partial charge in [0.2, 0.25) is 15.9 Å². The lowest BCUT2D eigenvalue weighted by Gasteiger charge is -2.33. The fraction of sp³-hybridized carbons (Fsp3) is 0.238. The number of hydrogen-bond donors (Lipinski definition) is 0. The minimum Gasteiger partial charge on any atom is -0.441 e. The molecule has 33 heavy (non-hydrogen) atoms. The van der Waals surface area contributed by atoms with Crippen molar-refractivity contribution < 1.29 is 22.6 Å². The van der Waals surface area contributed by atoms with Crippen LogP contribution in [0.15, 0.2) is 57.8 Å². The van der Waals surface area contributed by atoms with Crippen molar-refractivity contribution in [2.75, 3.05) is 26.2 Å². The number of non-ortho nitro benzene ring substituents is 1. The summed E-state index contributed by atoms with van der Waals surface area (Å²) in [7, 11) is -3.93. The van der Waals surface area contributed by atoms with Crippen molar-refractivity contribution in [3.63, 3.8) is 0 Å². The maximum absolute atomic E-state index is 13.0. The van der Waals surface area contributed by atoms with Gasteiger partial charge >= 0.3 is 0 Å². The lowest BCUT2D eigenvalue weighted by Crippen LogP contribution is -2.50. The molecular formula is C21H19ClN4O6S. The molecule has 1 aromatic heterocycles. The molecule has 0 spiro atoms. The molecule has 0 N–H and O–H groups in total. The van der Waals surface area contributed by atoms with Gasteiger partial charge in [-0.1, -0.05) is 17.7 Å². The number of oxazole rings is 1. The van der Waals surface area contributed by atoms with Crippen LogP contribution in [0.3, 0.4) is 0 Å². The van der Waals surface area contributed by atoms with Gasteiger partial charge < -0.3 is 9.32 Å². The first-order valence-corrected chi connectivity index (χ1v) is 11.8. The summed E-state index contributed by atoms with van der Waals surface area (Å²) >= 11 is 5.90. The van der Waals surface area contributed by atoms with Gasteiger partial charge in [-0.15, -0.1) is 0 Å². The summed E-state index contributed by atoms with van der Waals surface area (Å²) in [6.07, 6.45) is 0. The standard InChI is InChI=1S/C21H19ClN4O6S/c1-14-19(23-20(32-14)15-5-7-16(22)8-6-15)21(27)24-9-11-25(12-10-24)33(30,31)18-4-2-3-17(13-18)26(28)29/h2-8,13H,9-12H2,1H3. The van der Waals surface area contributed by atoms with E-state index in [0.29, 0.717) is 22.2 Å². The number of amides is 1. The topological polar surface area (TPSA) is 127 Å². The number of aryl methyl sites for hydroxylation is 1. The third kappa shape index (κ3) is 4.61. The highest BCUT2D eigenvalue weighted by atomic mass is 35.5. The lowest BCUT2D eigenvalue weighted by molar-refractivity contribution is -0.385. The molecule has 4 rings (SSSR count). The van der Waals surface area contributed by atoms with Gasteiger partial charge in [-0.3, -0.25) is 14.9 Å². The van der Waals surface area contributed by atoms with Crippen LogP contribution in [0.1, 0.15) is 16.2 Å². The molecule has 3 aromatic rings. The van der Waals surface area contributed by atoms with E-state index in [4.69, 9.17) is 16.0 Å². The molecule has 0 aliphatic carbocycles. The van der Waals surface area contributed by atoms with E-state index in [1.807, 2.05) is 0 Å². The zero-order valence-electron chi connectivity index (χ0n) is 17.5. The van der Waals surface area contributed by atoms with Gasteiger partial charge in [0.15, 0.2) is 5.69 Å². The van der Waals surface area contributed by atoms with E-state index in [1.54, 1.807) is 31.2 Å². The largest absolute Gasteiger partial charge is 0.441 e. The number of nitro groups is 1. The van der Waals surface area contributed by atoms with Crippen LogP contribution >= 0.6 is 11.6 Å². The van der Waals surface area contributed by atoms with Crippen LogP contribution < -0.4 is 0 Å². The van der Waals surface area contributed by atoms with Gasteiger partial charge in [-0.2, -0.15) is 4.31 Å². The van der Waals surface area contributed by atoms with Gasteiger partial charge in [0.05, 0.1) is 9.82 Å². The molecule has 1 amide bonds. The average Bonchev–Trinajstić information content (AvgIpc) is 3.20. The molecule has 12 heteroatoms. The number of hydrogen-bond acceptors (Lipinski definition) is 7. The molecule has 1 saturated heterocycles. The number of piperazine rings is 1. The number of carbonyl (C=O) groups is 1. The fourth-order valence-corrected chi connectivity index (χ4v) is 5.09. The van der Waals surface area contributed by atoms with E-state index in [9.17, 15) is 23.3 Å². The van der Waals surface area contributed by atoms with Gasteiger partial charge in [-0.25, -0.2) is 13.4 Å². The molecule has 0 bridgehead atoms. The molecule has 0 atom stereocenters. The van der Waals surface area contributed by atoms with Crippen molar-refractivity contribution in [3.8, 4) is 11.5 Å². The zero-order valence-corrected chi connectivity index (χ0v) is 19.0. The molecule has 0 saturated carbocycles. The third-order valence-electron chi connectivity index (χ3n) is 5.28. The molecule has 172 valence electrons. The number of halogens is 1. The highest BCUT2D eigenvalue weighted by molar-refractivity contribution is 7.89. The SMILES string of the molecule is Cc1oc(-c2ccc(Cl)cc2)nc1C(=O)N1CCN(S(=O)(=O)c2cccc([N+](=O)[O-])c2)CC1. The summed E-state index contributed by atoms with van der Waals surface area (Å²) in [5, 5.41) is 11.5. The van der Waals surface area contributed by atoms with E-state index >= 15 is 0 Å². The van der Waals surface area contributed by atoms with Gasteiger partial charge in [-0.05, 0) is 37.3 Å². The number of nitrogens with zero attached hydrogens (tertiary/aromatic N) is 4. The molecule has 1 fully saturated rings. The number of nitro benzene ring substituents is 1. The van der Waals surface area contributed by atoms with E-state index in [1.165, 1.54) is 27.4 Å². The smallest absolute Gasteiger partial charge is 0.276 e. The molecule has 10 nitrogen and oxygen atoms in total. The first kappa shape index (κ1) is 22.9. The Hall–Kier alpha value is -3.28. The maximum atomic E-state index is 13.0.